The number of rotatable bonds is 6. The first-order valence-electron chi connectivity index (χ1n) is 8.42. The first kappa shape index (κ1) is 20.0. The smallest absolute Gasteiger partial charge is 0.412 e. The van der Waals surface area contributed by atoms with Crippen molar-refractivity contribution in [3.8, 4) is 17.2 Å². The summed E-state index contributed by atoms with van der Waals surface area (Å²) < 4.78 is 29.5. The average molecular weight is 404 g/mol. The molecule has 0 radical (unpaired) electrons. The van der Waals surface area contributed by atoms with Crippen molar-refractivity contribution in [2.75, 3.05) is 12.1 Å². The van der Waals surface area contributed by atoms with Crippen LogP contribution in [-0.2, 0) is 9.53 Å². The van der Waals surface area contributed by atoms with Crippen molar-refractivity contribution in [2.24, 2.45) is 0 Å². The summed E-state index contributed by atoms with van der Waals surface area (Å²) in [5.74, 6) is -1.19. The second kappa shape index (κ2) is 8.93. The molecular weight excluding hydrogens is 387 g/mol. The van der Waals surface area contributed by atoms with Gasteiger partial charge >= 0.3 is 6.09 Å². The standard InChI is InChI=1S/C19H17FN2O7/c20-13-8-11(4-6-14(13)23)15(2-1-3-18(24)22-26)29-19(25)21-12-5-7-16-17(9-12)28-10-27-16/h1,3-9,15,23,26H,2,10H2,(H,21,25)(H,22,24)/b3-1+/t15-/m1/s1. The van der Waals surface area contributed by atoms with Crippen LogP contribution < -0.4 is 20.3 Å². The van der Waals surface area contributed by atoms with E-state index >= 15 is 0 Å². The van der Waals surface area contributed by atoms with E-state index in [4.69, 9.17) is 19.4 Å². The molecule has 0 aliphatic carbocycles. The fraction of sp³-hybridized carbons (Fsp3) is 0.158. The summed E-state index contributed by atoms with van der Waals surface area (Å²) >= 11 is 0. The van der Waals surface area contributed by atoms with Gasteiger partial charge in [0.2, 0.25) is 6.79 Å². The van der Waals surface area contributed by atoms with Gasteiger partial charge in [-0.3, -0.25) is 15.3 Å². The molecule has 0 fully saturated rings. The Balaban J connectivity index is 1.72. The van der Waals surface area contributed by atoms with E-state index in [9.17, 15) is 19.1 Å². The van der Waals surface area contributed by atoms with Crippen molar-refractivity contribution in [3.63, 3.8) is 0 Å². The third-order valence-electron chi connectivity index (χ3n) is 3.94. The summed E-state index contributed by atoms with van der Waals surface area (Å²) in [5, 5.41) is 20.4. The minimum atomic E-state index is -0.971. The number of hydrogen-bond donors (Lipinski definition) is 4. The molecule has 0 saturated carbocycles. The maximum absolute atomic E-state index is 13.7. The Hall–Kier alpha value is -3.79. The largest absolute Gasteiger partial charge is 0.505 e. The van der Waals surface area contributed by atoms with Crippen LogP contribution in [0.4, 0.5) is 14.9 Å². The lowest BCUT2D eigenvalue weighted by Gasteiger charge is -2.18. The van der Waals surface area contributed by atoms with Crippen LogP contribution in [0.3, 0.4) is 0 Å². The molecule has 1 atom stereocenters. The highest BCUT2D eigenvalue weighted by molar-refractivity contribution is 5.86. The number of carbonyl (C=O) groups is 2. The van der Waals surface area contributed by atoms with E-state index in [1.165, 1.54) is 17.6 Å². The highest BCUT2D eigenvalue weighted by Crippen LogP contribution is 2.34. The van der Waals surface area contributed by atoms with Crippen molar-refractivity contribution < 1.29 is 38.5 Å². The van der Waals surface area contributed by atoms with Gasteiger partial charge in [-0.15, -0.1) is 0 Å². The number of anilines is 1. The molecule has 0 unspecified atom stereocenters. The number of ether oxygens (including phenoxy) is 3. The van der Waals surface area contributed by atoms with E-state index in [2.05, 4.69) is 5.32 Å². The zero-order valence-electron chi connectivity index (χ0n) is 14.9. The normalized spacial score (nSPS) is 13.2. The van der Waals surface area contributed by atoms with Crippen LogP contribution in [0.5, 0.6) is 17.2 Å². The van der Waals surface area contributed by atoms with Gasteiger partial charge in [-0.1, -0.05) is 12.1 Å². The predicted octanol–water partition coefficient (Wildman–Crippen LogP) is 3.00. The Labute approximate surface area is 164 Å². The van der Waals surface area contributed by atoms with Crippen molar-refractivity contribution in [1.82, 2.24) is 5.48 Å². The Morgan fingerprint density at radius 2 is 2.00 bits per heavy atom. The van der Waals surface area contributed by atoms with Gasteiger partial charge in [-0.25, -0.2) is 14.7 Å². The molecule has 1 aliphatic heterocycles. The van der Waals surface area contributed by atoms with Gasteiger partial charge in [-0.2, -0.15) is 0 Å². The van der Waals surface area contributed by atoms with Crippen LogP contribution in [-0.4, -0.2) is 29.1 Å². The molecule has 2 aromatic carbocycles. The lowest BCUT2D eigenvalue weighted by molar-refractivity contribution is -0.124. The molecule has 29 heavy (non-hydrogen) atoms. The summed E-state index contributed by atoms with van der Waals surface area (Å²) in [6, 6.07) is 8.31. The highest BCUT2D eigenvalue weighted by Gasteiger charge is 2.19. The molecular formula is C19H17FN2O7. The topological polar surface area (TPSA) is 126 Å². The number of hydroxylamine groups is 1. The fourth-order valence-corrected chi connectivity index (χ4v) is 2.56. The van der Waals surface area contributed by atoms with Crippen LogP contribution in [0.25, 0.3) is 0 Å². The number of hydrogen-bond acceptors (Lipinski definition) is 7. The average Bonchev–Trinajstić information content (AvgIpc) is 3.17. The fourth-order valence-electron chi connectivity index (χ4n) is 2.56. The molecule has 152 valence electrons. The zero-order valence-corrected chi connectivity index (χ0v) is 14.9. The lowest BCUT2D eigenvalue weighted by Crippen LogP contribution is -2.18. The summed E-state index contributed by atoms with van der Waals surface area (Å²) in [6.07, 6.45) is 0.577. The number of aromatic hydroxyl groups is 1. The van der Waals surface area contributed by atoms with E-state index in [0.717, 1.165) is 18.2 Å². The number of carbonyl (C=O) groups excluding carboxylic acids is 2. The summed E-state index contributed by atoms with van der Waals surface area (Å²) in [7, 11) is 0. The first-order valence-corrected chi connectivity index (χ1v) is 8.42. The number of phenolic OH excluding ortho intramolecular Hbond substituents is 1. The summed E-state index contributed by atoms with van der Waals surface area (Å²) in [4.78, 5) is 23.4. The highest BCUT2D eigenvalue weighted by atomic mass is 19.1. The first-order chi connectivity index (χ1) is 14.0. The molecule has 2 aromatic rings. The molecule has 3 rings (SSSR count). The molecule has 2 amide bonds. The van der Waals surface area contributed by atoms with Crippen molar-refractivity contribution in [3.05, 3.63) is 59.9 Å². The van der Waals surface area contributed by atoms with Crippen LogP contribution in [0, 0.1) is 5.82 Å². The number of halogens is 1. The van der Waals surface area contributed by atoms with E-state index in [0.29, 0.717) is 17.2 Å². The molecule has 10 heteroatoms. The van der Waals surface area contributed by atoms with Crippen molar-refractivity contribution in [2.45, 2.75) is 12.5 Å². The maximum atomic E-state index is 13.7. The van der Waals surface area contributed by atoms with Crippen LogP contribution in [0.15, 0.2) is 48.6 Å². The molecule has 0 spiro atoms. The van der Waals surface area contributed by atoms with Crippen LogP contribution in [0.2, 0.25) is 0 Å². The van der Waals surface area contributed by atoms with Crippen molar-refractivity contribution >= 4 is 17.7 Å². The Morgan fingerprint density at radius 3 is 2.76 bits per heavy atom. The lowest BCUT2D eigenvalue weighted by atomic mass is 10.1. The van der Waals surface area contributed by atoms with Gasteiger partial charge in [0, 0.05) is 24.3 Å². The monoisotopic (exact) mass is 404 g/mol. The molecule has 0 bridgehead atoms. The Kier molecular flexibility index (Phi) is 6.15. The summed E-state index contributed by atoms with van der Waals surface area (Å²) in [5.41, 5.74) is 2.08. The molecule has 1 heterocycles. The van der Waals surface area contributed by atoms with E-state index in [1.54, 1.807) is 18.2 Å². The van der Waals surface area contributed by atoms with Gasteiger partial charge in [0.05, 0.1) is 0 Å². The minimum Gasteiger partial charge on any atom is -0.505 e. The SMILES string of the molecule is O=C(/C=C/C[C@@H](OC(=O)Nc1ccc2c(c1)OCO2)c1ccc(O)c(F)c1)NO. The Bertz CT molecular complexity index is 948. The minimum absolute atomic E-state index is 0.00615. The molecule has 0 aromatic heterocycles. The van der Waals surface area contributed by atoms with Gasteiger partial charge in [0.25, 0.3) is 5.91 Å². The van der Waals surface area contributed by atoms with Gasteiger partial charge in [-0.05, 0) is 29.8 Å². The van der Waals surface area contributed by atoms with E-state index < -0.39 is 29.7 Å². The molecule has 1 aliphatic rings. The quantitative estimate of drug-likeness (QED) is 0.331. The third-order valence-corrected chi connectivity index (χ3v) is 3.94. The Morgan fingerprint density at radius 1 is 1.21 bits per heavy atom. The number of fused-ring (bicyclic) bond motifs is 1. The van der Waals surface area contributed by atoms with Crippen molar-refractivity contribution in [1.29, 1.82) is 0 Å². The number of phenols is 1. The van der Waals surface area contributed by atoms with Gasteiger partial charge < -0.3 is 19.3 Å². The van der Waals surface area contributed by atoms with Gasteiger partial charge in [0.15, 0.2) is 23.1 Å². The van der Waals surface area contributed by atoms with E-state index in [-0.39, 0.29) is 18.8 Å². The number of nitrogens with one attached hydrogen (secondary N) is 2. The zero-order chi connectivity index (χ0) is 20.8. The second-order valence-corrected chi connectivity index (χ2v) is 5.91. The van der Waals surface area contributed by atoms with Crippen LogP contribution in [0.1, 0.15) is 18.1 Å². The predicted molar refractivity (Wildman–Crippen MR) is 97.2 cm³/mol. The molecule has 4 N–H and O–H groups in total. The second-order valence-electron chi connectivity index (χ2n) is 5.91. The summed E-state index contributed by atoms with van der Waals surface area (Å²) in [6.45, 7) is 0.0888. The van der Waals surface area contributed by atoms with E-state index in [1.807, 2.05) is 0 Å². The number of benzene rings is 2. The third kappa shape index (κ3) is 5.14. The molecule has 9 nitrogen and oxygen atoms in total. The van der Waals surface area contributed by atoms with Crippen LogP contribution >= 0.6 is 0 Å². The molecule has 0 saturated heterocycles. The maximum Gasteiger partial charge on any atom is 0.412 e. The number of amides is 2. The van der Waals surface area contributed by atoms with Gasteiger partial charge in [0.1, 0.15) is 6.10 Å².